The van der Waals surface area contributed by atoms with Crippen molar-refractivity contribution in [3.63, 3.8) is 0 Å². The maximum absolute atomic E-state index is 13.2. The van der Waals surface area contributed by atoms with Crippen LogP contribution >= 0.6 is 15.9 Å². The van der Waals surface area contributed by atoms with Gasteiger partial charge < -0.3 is 15.5 Å². The van der Waals surface area contributed by atoms with Gasteiger partial charge in [-0.05, 0) is 72.3 Å². The Hall–Kier alpha value is -2.67. The maximum atomic E-state index is 13.2. The highest BCUT2D eigenvalue weighted by atomic mass is 79.9. The number of nitrogens with zero attached hydrogens (tertiary/aromatic N) is 1. The lowest BCUT2D eigenvalue weighted by molar-refractivity contribution is -0.127. The van der Waals surface area contributed by atoms with Gasteiger partial charge in [-0.1, -0.05) is 43.2 Å². The zero-order valence-electron chi connectivity index (χ0n) is 19.6. The van der Waals surface area contributed by atoms with Gasteiger partial charge in [0.15, 0.2) is 0 Å². The van der Waals surface area contributed by atoms with Gasteiger partial charge in [-0.3, -0.25) is 14.4 Å². The fourth-order valence-electron chi connectivity index (χ4n) is 5.03. The van der Waals surface area contributed by atoms with Crippen molar-refractivity contribution >= 4 is 33.7 Å². The summed E-state index contributed by atoms with van der Waals surface area (Å²) >= 11 is 3.46. The predicted molar refractivity (Wildman–Crippen MR) is 136 cm³/mol. The number of halogens is 1. The van der Waals surface area contributed by atoms with Crippen LogP contribution in [0.5, 0.6) is 0 Å². The molecule has 180 valence electrons. The SMILES string of the molecule is Cc1ccccc1C(=O)N[C@@H]1CCCCC1NC(=O)C1CCCN(C(=O)c2ccccc2Br)C1. The van der Waals surface area contributed by atoms with Crippen LogP contribution in [-0.4, -0.2) is 47.8 Å². The molecule has 1 aliphatic heterocycles. The van der Waals surface area contributed by atoms with E-state index in [4.69, 9.17) is 0 Å². The molecule has 2 aliphatic rings. The number of piperidine rings is 1. The van der Waals surface area contributed by atoms with E-state index in [1.165, 1.54) is 0 Å². The van der Waals surface area contributed by atoms with Crippen LogP contribution in [0.2, 0.25) is 0 Å². The summed E-state index contributed by atoms with van der Waals surface area (Å²) in [6, 6.07) is 14.8. The Balaban J connectivity index is 1.38. The number of likely N-dealkylation sites (tertiary alicyclic amines) is 1. The average molecular weight is 526 g/mol. The Morgan fingerprint density at radius 1 is 0.853 bits per heavy atom. The Morgan fingerprint density at radius 3 is 2.21 bits per heavy atom. The molecule has 0 aromatic heterocycles. The van der Waals surface area contributed by atoms with E-state index in [2.05, 4.69) is 26.6 Å². The Kier molecular flexibility index (Phi) is 8.03. The van der Waals surface area contributed by atoms with Gasteiger partial charge in [0.05, 0.1) is 11.5 Å². The fraction of sp³-hybridized carbons (Fsp3) is 0.444. The van der Waals surface area contributed by atoms with Crippen LogP contribution in [0.3, 0.4) is 0 Å². The molecule has 3 amide bonds. The molecule has 1 saturated heterocycles. The van der Waals surface area contributed by atoms with E-state index in [0.29, 0.717) is 24.2 Å². The van der Waals surface area contributed by atoms with E-state index in [9.17, 15) is 14.4 Å². The Bertz CT molecular complexity index is 1060. The molecule has 1 heterocycles. The van der Waals surface area contributed by atoms with Crippen molar-refractivity contribution in [2.75, 3.05) is 13.1 Å². The lowest BCUT2D eigenvalue weighted by Crippen LogP contribution is -2.55. The minimum absolute atomic E-state index is 0.0216. The van der Waals surface area contributed by atoms with Crippen molar-refractivity contribution in [3.8, 4) is 0 Å². The van der Waals surface area contributed by atoms with Crippen LogP contribution in [-0.2, 0) is 4.79 Å². The molecule has 2 aromatic rings. The topological polar surface area (TPSA) is 78.5 Å². The van der Waals surface area contributed by atoms with Crippen LogP contribution in [0.25, 0.3) is 0 Å². The molecule has 0 radical (unpaired) electrons. The first-order chi connectivity index (χ1) is 16.4. The predicted octanol–water partition coefficient (Wildman–Crippen LogP) is 4.47. The summed E-state index contributed by atoms with van der Waals surface area (Å²) in [4.78, 5) is 40.9. The first-order valence-corrected chi connectivity index (χ1v) is 12.9. The minimum Gasteiger partial charge on any atom is -0.351 e. The summed E-state index contributed by atoms with van der Waals surface area (Å²) in [7, 11) is 0. The second kappa shape index (κ2) is 11.2. The molecule has 2 fully saturated rings. The van der Waals surface area contributed by atoms with Crippen LogP contribution in [0.15, 0.2) is 53.0 Å². The number of nitrogens with one attached hydrogen (secondary N) is 2. The molecular formula is C27H32BrN3O3. The lowest BCUT2D eigenvalue weighted by Gasteiger charge is -2.36. The summed E-state index contributed by atoms with van der Waals surface area (Å²) in [5.74, 6) is -0.403. The highest BCUT2D eigenvalue weighted by Crippen LogP contribution is 2.24. The molecule has 2 unspecified atom stereocenters. The molecule has 7 heteroatoms. The van der Waals surface area contributed by atoms with Crippen molar-refractivity contribution in [2.45, 2.75) is 57.5 Å². The summed E-state index contributed by atoms with van der Waals surface area (Å²) in [6.45, 7) is 3.00. The minimum atomic E-state index is -0.241. The Morgan fingerprint density at radius 2 is 1.50 bits per heavy atom. The third kappa shape index (κ3) is 5.69. The second-order valence-corrected chi connectivity index (χ2v) is 10.2. The zero-order chi connectivity index (χ0) is 24.1. The van der Waals surface area contributed by atoms with Crippen LogP contribution in [0.1, 0.15) is 64.8 Å². The third-order valence-electron chi connectivity index (χ3n) is 6.98. The molecule has 0 bridgehead atoms. The van der Waals surface area contributed by atoms with Crippen molar-refractivity contribution in [1.82, 2.24) is 15.5 Å². The number of amides is 3. The number of hydrogen-bond acceptors (Lipinski definition) is 3. The zero-order valence-corrected chi connectivity index (χ0v) is 21.1. The number of hydrogen-bond donors (Lipinski definition) is 2. The van der Waals surface area contributed by atoms with Gasteiger partial charge in [-0.2, -0.15) is 0 Å². The first kappa shape index (κ1) is 24.5. The van der Waals surface area contributed by atoms with Gasteiger partial charge in [0.1, 0.15) is 0 Å². The monoisotopic (exact) mass is 525 g/mol. The van der Waals surface area contributed by atoms with Gasteiger partial charge in [0, 0.05) is 35.2 Å². The molecule has 6 nitrogen and oxygen atoms in total. The number of rotatable bonds is 5. The second-order valence-electron chi connectivity index (χ2n) is 9.36. The van der Waals surface area contributed by atoms with Crippen molar-refractivity contribution < 1.29 is 14.4 Å². The van der Waals surface area contributed by atoms with Gasteiger partial charge in [-0.15, -0.1) is 0 Å². The highest BCUT2D eigenvalue weighted by Gasteiger charge is 2.33. The molecule has 0 spiro atoms. The molecule has 3 atom stereocenters. The lowest BCUT2D eigenvalue weighted by atomic mass is 9.88. The summed E-state index contributed by atoms with van der Waals surface area (Å²) in [5.41, 5.74) is 2.23. The summed E-state index contributed by atoms with van der Waals surface area (Å²) < 4.78 is 0.765. The van der Waals surface area contributed by atoms with E-state index in [0.717, 1.165) is 48.6 Å². The van der Waals surface area contributed by atoms with E-state index in [-0.39, 0.29) is 35.7 Å². The van der Waals surface area contributed by atoms with Crippen molar-refractivity contribution in [2.24, 2.45) is 5.92 Å². The van der Waals surface area contributed by atoms with Gasteiger partial charge in [0.25, 0.3) is 11.8 Å². The average Bonchev–Trinajstić information content (AvgIpc) is 2.85. The van der Waals surface area contributed by atoms with Gasteiger partial charge in [-0.25, -0.2) is 0 Å². The first-order valence-electron chi connectivity index (χ1n) is 12.1. The van der Waals surface area contributed by atoms with Crippen LogP contribution < -0.4 is 10.6 Å². The van der Waals surface area contributed by atoms with E-state index in [1.54, 1.807) is 11.0 Å². The normalized spacial score (nSPS) is 22.6. The Labute approximate surface area is 209 Å². The number of carbonyl (C=O) groups excluding carboxylic acids is 3. The van der Waals surface area contributed by atoms with Crippen molar-refractivity contribution in [3.05, 3.63) is 69.7 Å². The molecule has 1 saturated carbocycles. The fourth-order valence-corrected chi connectivity index (χ4v) is 5.49. The molecule has 34 heavy (non-hydrogen) atoms. The largest absolute Gasteiger partial charge is 0.351 e. The summed E-state index contributed by atoms with van der Waals surface area (Å²) in [5, 5.41) is 6.39. The highest BCUT2D eigenvalue weighted by molar-refractivity contribution is 9.10. The quantitative estimate of drug-likeness (QED) is 0.604. The van der Waals surface area contributed by atoms with E-state index >= 15 is 0 Å². The molecule has 4 rings (SSSR count). The van der Waals surface area contributed by atoms with Crippen LogP contribution in [0.4, 0.5) is 0 Å². The van der Waals surface area contributed by atoms with Gasteiger partial charge in [0.2, 0.25) is 5.91 Å². The van der Waals surface area contributed by atoms with Crippen LogP contribution in [0, 0.1) is 12.8 Å². The van der Waals surface area contributed by atoms with Gasteiger partial charge >= 0.3 is 0 Å². The number of aryl methyl sites for hydroxylation is 1. The molecule has 1 aliphatic carbocycles. The maximum Gasteiger partial charge on any atom is 0.255 e. The van der Waals surface area contributed by atoms with E-state index in [1.807, 2.05) is 49.4 Å². The number of benzene rings is 2. The number of carbonyl (C=O) groups is 3. The molecular weight excluding hydrogens is 494 g/mol. The molecule has 2 aromatic carbocycles. The third-order valence-corrected chi connectivity index (χ3v) is 7.67. The summed E-state index contributed by atoms with van der Waals surface area (Å²) in [6.07, 6.45) is 5.31. The smallest absolute Gasteiger partial charge is 0.255 e. The molecule has 2 N–H and O–H groups in total. The standard InChI is InChI=1S/C27H32BrN3O3/c1-18-9-2-3-11-20(18)26(33)30-24-15-7-6-14-23(24)29-25(32)19-10-8-16-31(17-19)27(34)21-12-4-5-13-22(21)28/h2-5,9,11-13,19,23-24H,6-8,10,14-17H2,1H3,(H,29,32)(H,30,33)/t19?,23?,24-/m1/s1. The van der Waals surface area contributed by atoms with E-state index < -0.39 is 0 Å². The van der Waals surface area contributed by atoms with Crippen molar-refractivity contribution in [1.29, 1.82) is 0 Å².